The Morgan fingerprint density at radius 3 is 2.46 bits per heavy atom. The molecule has 0 spiro atoms. The number of piperazine rings is 1. The minimum absolute atomic E-state index is 0.0408. The van der Waals surface area contributed by atoms with Gasteiger partial charge in [-0.05, 0) is 69.8 Å². The number of anilines is 1. The standard InChI is InChI=1S/C30H30F4N6O/c31-20-5-6-22-24(25(20)33)19(12-35-22)23-21(32)11-18-27(26(23)34)37-29(41-15-30-7-1-9-40(30)10-2-8-30)38-28(18)39-13-16-3-4-17(14-39)36-16/h5-6,11-12,16-17,35-36H,1-4,7-10,13-15H2/t16-,17+. The minimum atomic E-state index is -1.17. The van der Waals surface area contributed by atoms with Crippen LogP contribution in [0.2, 0.25) is 0 Å². The van der Waals surface area contributed by atoms with E-state index in [0.29, 0.717) is 25.5 Å². The van der Waals surface area contributed by atoms with Crippen LogP contribution in [-0.2, 0) is 0 Å². The summed E-state index contributed by atoms with van der Waals surface area (Å²) in [5.74, 6) is -3.70. The lowest BCUT2D eigenvalue weighted by Gasteiger charge is -2.34. The fraction of sp³-hybridized carbons (Fsp3) is 0.467. The van der Waals surface area contributed by atoms with Crippen molar-refractivity contribution in [3.8, 4) is 17.1 Å². The van der Waals surface area contributed by atoms with Gasteiger partial charge in [-0.25, -0.2) is 17.6 Å². The summed E-state index contributed by atoms with van der Waals surface area (Å²) in [6.45, 7) is 3.77. The number of H-pyrrole nitrogens is 1. The Labute approximate surface area is 233 Å². The number of hydrogen-bond donors (Lipinski definition) is 2. The summed E-state index contributed by atoms with van der Waals surface area (Å²) in [7, 11) is 0. The number of aromatic amines is 1. The summed E-state index contributed by atoms with van der Waals surface area (Å²) in [5, 5.41) is 3.59. The molecule has 6 heterocycles. The van der Waals surface area contributed by atoms with Crippen molar-refractivity contribution in [1.29, 1.82) is 0 Å². The molecular weight excluding hydrogens is 536 g/mol. The van der Waals surface area contributed by atoms with E-state index in [1.807, 2.05) is 0 Å². The Morgan fingerprint density at radius 2 is 1.71 bits per heavy atom. The van der Waals surface area contributed by atoms with E-state index in [-0.39, 0.29) is 51.0 Å². The zero-order valence-electron chi connectivity index (χ0n) is 22.5. The van der Waals surface area contributed by atoms with E-state index >= 15 is 8.78 Å². The Balaban J connectivity index is 1.27. The van der Waals surface area contributed by atoms with Crippen LogP contribution >= 0.6 is 0 Å². The van der Waals surface area contributed by atoms with Gasteiger partial charge < -0.3 is 19.9 Å². The average Bonchev–Trinajstić information content (AvgIpc) is 3.73. The third-order valence-electron chi connectivity index (χ3n) is 9.64. The van der Waals surface area contributed by atoms with Gasteiger partial charge in [0.15, 0.2) is 17.5 Å². The molecule has 4 aromatic rings. The molecule has 2 atom stereocenters. The topological polar surface area (TPSA) is 69.3 Å². The van der Waals surface area contributed by atoms with Gasteiger partial charge in [-0.1, -0.05) is 0 Å². The first-order chi connectivity index (χ1) is 19.9. The molecule has 0 aliphatic carbocycles. The molecule has 4 fully saturated rings. The molecule has 4 aliphatic heterocycles. The van der Waals surface area contributed by atoms with E-state index in [4.69, 9.17) is 9.72 Å². The van der Waals surface area contributed by atoms with Crippen LogP contribution in [0.25, 0.3) is 32.9 Å². The molecule has 214 valence electrons. The smallest absolute Gasteiger partial charge is 0.319 e. The maximum Gasteiger partial charge on any atom is 0.319 e. The summed E-state index contributed by atoms with van der Waals surface area (Å²) in [6, 6.07) is 4.11. The second-order valence-electron chi connectivity index (χ2n) is 12.0. The molecule has 2 N–H and O–H groups in total. The summed E-state index contributed by atoms with van der Waals surface area (Å²) < 4.78 is 67.5. The van der Waals surface area contributed by atoms with Crippen LogP contribution in [0.1, 0.15) is 38.5 Å². The molecule has 2 aromatic carbocycles. The molecule has 41 heavy (non-hydrogen) atoms. The molecule has 0 radical (unpaired) electrons. The third kappa shape index (κ3) is 3.92. The van der Waals surface area contributed by atoms with Crippen LogP contribution in [0.4, 0.5) is 23.4 Å². The summed E-state index contributed by atoms with van der Waals surface area (Å²) in [6.07, 6.45) is 7.62. The molecule has 0 unspecified atom stereocenters. The second-order valence-corrected chi connectivity index (χ2v) is 12.0. The number of rotatable bonds is 5. The maximum atomic E-state index is 16.4. The summed E-state index contributed by atoms with van der Waals surface area (Å²) in [4.78, 5) is 16.5. The van der Waals surface area contributed by atoms with E-state index in [9.17, 15) is 8.78 Å². The van der Waals surface area contributed by atoms with Crippen LogP contribution in [-0.4, -0.2) is 70.3 Å². The number of aromatic nitrogens is 3. The Hall–Kier alpha value is -3.44. The highest BCUT2D eigenvalue weighted by Crippen LogP contribution is 2.42. The predicted molar refractivity (Wildman–Crippen MR) is 147 cm³/mol. The molecule has 8 rings (SSSR count). The fourth-order valence-corrected chi connectivity index (χ4v) is 7.70. The number of hydrogen-bond acceptors (Lipinski definition) is 6. The van der Waals surface area contributed by atoms with Crippen LogP contribution in [0.5, 0.6) is 6.01 Å². The number of fused-ring (bicyclic) bond motifs is 5. The van der Waals surface area contributed by atoms with E-state index in [0.717, 1.165) is 57.7 Å². The van der Waals surface area contributed by atoms with Gasteiger partial charge >= 0.3 is 6.01 Å². The Morgan fingerprint density at radius 1 is 0.951 bits per heavy atom. The Bertz CT molecular complexity index is 1670. The third-order valence-corrected chi connectivity index (χ3v) is 9.64. The molecule has 11 heteroatoms. The van der Waals surface area contributed by atoms with E-state index in [2.05, 4.69) is 25.1 Å². The average molecular weight is 567 g/mol. The second kappa shape index (κ2) is 9.29. The highest BCUT2D eigenvalue weighted by Gasteiger charge is 2.45. The van der Waals surface area contributed by atoms with Crippen molar-refractivity contribution in [3.63, 3.8) is 0 Å². The van der Waals surface area contributed by atoms with Crippen molar-refractivity contribution in [1.82, 2.24) is 25.2 Å². The van der Waals surface area contributed by atoms with Gasteiger partial charge in [-0.3, -0.25) is 4.90 Å². The fourth-order valence-electron chi connectivity index (χ4n) is 7.70. The van der Waals surface area contributed by atoms with Gasteiger partial charge in [0, 0.05) is 53.2 Å². The van der Waals surface area contributed by atoms with Gasteiger partial charge in [-0.15, -0.1) is 0 Å². The van der Waals surface area contributed by atoms with Crippen LogP contribution in [0, 0.1) is 23.3 Å². The van der Waals surface area contributed by atoms with Crippen LogP contribution < -0.4 is 15.0 Å². The highest BCUT2D eigenvalue weighted by molar-refractivity contribution is 6.00. The first kappa shape index (κ1) is 25.3. The van der Waals surface area contributed by atoms with Crippen molar-refractivity contribution in [2.45, 2.75) is 56.1 Å². The molecule has 2 aromatic heterocycles. The van der Waals surface area contributed by atoms with Crippen molar-refractivity contribution in [3.05, 3.63) is 47.7 Å². The normalized spacial score (nSPS) is 23.7. The molecule has 7 nitrogen and oxygen atoms in total. The molecule has 2 bridgehead atoms. The van der Waals surface area contributed by atoms with Gasteiger partial charge in [0.2, 0.25) is 0 Å². The van der Waals surface area contributed by atoms with E-state index < -0.39 is 28.8 Å². The molecule has 4 aliphatic rings. The molecule has 4 saturated heterocycles. The number of benzene rings is 2. The van der Waals surface area contributed by atoms with Crippen LogP contribution in [0.15, 0.2) is 24.4 Å². The first-order valence-corrected chi connectivity index (χ1v) is 14.4. The van der Waals surface area contributed by atoms with E-state index in [1.54, 1.807) is 0 Å². The predicted octanol–water partition coefficient (Wildman–Crippen LogP) is 5.28. The first-order valence-electron chi connectivity index (χ1n) is 14.4. The lowest BCUT2D eigenvalue weighted by molar-refractivity contribution is 0.108. The maximum absolute atomic E-state index is 16.4. The van der Waals surface area contributed by atoms with Gasteiger partial charge in [0.1, 0.15) is 23.8 Å². The minimum Gasteiger partial charge on any atom is -0.461 e. The van der Waals surface area contributed by atoms with E-state index in [1.165, 1.54) is 18.3 Å². The monoisotopic (exact) mass is 566 g/mol. The molecular formula is C30H30F4N6O. The SMILES string of the molecule is Fc1cc2c(N3C[C@H]4CC[C@@H](C3)N4)nc(OCC34CCCN3CCC4)nc2c(F)c1-c1c[nH]c2ccc(F)c(F)c12. The van der Waals surface area contributed by atoms with Crippen molar-refractivity contribution in [2.24, 2.45) is 0 Å². The number of ether oxygens (including phenoxy) is 1. The highest BCUT2D eigenvalue weighted by atomic mass is 19.2. The lowest BCUT2D eigenvalue weighted by atomic mass is 9.95. The summed E-state index contributed by atoms with van der Waals surface area (Å²) >= 11 is 0. The summed E-state index contributed by atoms with van der Waals surface area (Å²) in [5.41, 5.74) is -0.516. The van der Waals surface area contributed by atoms with Gasteiger partial charge in [0.25, 0.3) is 0 Å². The van der Waals surface area contributed by atoms with Gasteiger partial charge in [0.05, 0.1) is 11.1 Å². The van der Waals surface area contributed by atoms with Gasteiger partial charge in [-0.2, -0.15) is 9.97 Å². The number of nitrogens with zero attached hydrogens (tertiary/aromatic N) is 4. The zero-order chi connectivity index (χ0) is 27.9. The molecule has 0 amide bonds. The Kier molecular flexibility index (Phi) is 5.73. The van der Waals surface area contributed by atoms with Crippen molar-refractivity contribution < 1.29 is 22.3 Å². The molecule has 0 saturated carbocycles. The number of nitrogens with one attached hydrogen (secondary N) is 2. The largest absolute Gasteiger partial charge is 0.461 e. The van der Waals surface area contributed by atoms with Crippen molar-refractivity contribution >= 4 is 27.6 Å². The quantitative estimate of drug-likeness (QED) is 0.321. The van der Waals surface area contributed by atoms with Crippen molar-refractivity contribution in [2.75, 3.05) is 37.7 Å². The number of halogens is 4. The lowest BCUT2D eigenvalue weighted by Crippen LogP contribution is -2.51. The zero-order valence-corrected chi connectivity index (χ0v) is 22.5. The van der Waals surface area contributed by atoms with Crippen LogP contribution in [0.3, 0.4) is 0 Å².